The van der Waals surface area contributed by atoms with E-state index in [2.05, 4.69) is 36.3 Å². The Labute approximate surface area is 166 Å². The number of carbonyl (C=O) groups is 2. The van der Waals surface area contributed by atoms with Crippen molar-refractivity contribution in [3.05, 3.63) is 47.2 Å². The first-order valence-electron chi connectivity index (χ1n) is 10.4. The van der Waals surface area contributed by atoms with E-state index in [1.165, 1.54) is 16.5 Å². The molecular weight excluding hydrogens is 350 g/mol. The van der Waals surface area contributed by atoms with Crippen LogP contribution in [0.4, 0.5) is 0 Å². The van der Waals surface area contributed by atoms with E-state index in [0.29, 0.717) is 6.54 Å². The summed E-state index contributed by atoms with van der Waals surface area (Å²) in [5, 5.41) is 4.21. The number of benzene rings is 1. The summed E-state index contributed by atoms with van der Waals surface area (Å²) in [6.45, 7) is 4.71. The molecule has 4 rings (SSSR count). The molecule has 0 bridgehead atoms. The van der Waals surface area contributed by atoms with Gasteiger partial charge < -0.3 is 15.2 Å². The summed E-state index contributed by atoms with van der Waals surface area (Å²) in [5.74, 6) is 0.0225. The molecule has 2 aliphatic rings. The smallest absolute Gasteiger partial charge is 0.251 e. The zero-order chi connectivity index (χ0) is 19.7. The number of hydrogen-bond acceptors (Lipinski definition) is 2. The van der Waals surface area contributed by atoms with Gasteiger partial charge in [0.25, 0.3) is 5.91 Å². The Bertz CT molecular complexity index is 925. The van der Waals surface area contributed by atoms with Crippen LogP contribution in [0.5, 0.6) is 0 Å². The fraction of sp³-hybridized carbons (Fsp3) is 0.478. The van der Waals surface area contributed by atoms with Crippen molar-refractivity contribution in [2.75, 3.05) is 6.54 Å². The van der Waals surface area contributed by atoms with Crippen LogP contribution in [0.25, 0.3) is 10.9 Å². The SMILES string of the molecule is CC(C)N1C(=O)C(CC(=O)NCCc2c[nH]c3ccccc23)=C2CCCCC21. The Morgan fingerprint density at radius 2 is 2.11 bits per heavy atom. The third-order valence-corrected chi connectivity index (χ3v) is 6.08. The Morgan fingerprint density at radius 1 is 1.29 bits per heavy atom. The summed E-state index contributed by atoms with van der Waals surface area (Å²) in [6, 6.07) is 8.58. The molecule has 1 aromatic carbocycles. The predicted molar refractivity (Wildman–Crippen MR) is 111 cm³/mol. The van der Waals surface area contributed by atoms with Crippen LogP contribution in [0.15, 0.2) is 41.6 Å². The highest BCUT2D eigenvalue weighted by Gasteiger charge is 2.41. The minimum absolute atomic E-state index is 0.0504. The molecule has 1 aromatic heterocycles. The largest absolute Gasteiger partial charge is 0.361 e. The molecule has 2 heterocycles. The maximum absolute atomic E-state index is 12.9. The van der Waals surface area contributed by atoms with Crippen molar-refractivity contribution in [2.45, 2.75) is 64.5 Å². The van der Waals surface area contributed by atoms with Crippen LogP contribution in [0.2, 0.25) is 0 Å². The minimum Gasteiger partial charge on any atom is -0.361 e. The first-order valence-corrected chi connectivity index (χ1v) is 10.4. The van der Waals surface area contributed by atoms with Crippen LogP contribution in [-0.4, -0.2) is 40.3 Å². The molecule has 5 nitrogen and oxygen atoms in total. The lowest BCUT2D eigenvalue weighted by Gasteiger charge is -2.33. The minimum atomic E-state index is -0.0504. The van der Waals surface area contributed by atoms with Gasteiger partial charge in [-0.3, -0.25) is 9.59 Å². The lowest BCUT2D eigenvalue weighted by atomic mass is 9.88. The van der Waals surface area contributed by atoms with Crippen molar-refractivity contribution in [3.63, 3.8) is 0 Å². The summed E-state index contributed by atoms with van der Waals surface area (Å²) in [5.41, 5.74) is 4.29. The molecule has 0 saturated heterocycles. The number of para-hydroxylation sites is 1. The Kier molecular flexibility index (Phi) is 5.25. The summed E-state index contributed by atoms with van der Waals surface area (Å²) in [6.07, 6.45) is 7.27. The topological polar surface area (TPSA) is 65.2 Å². The Hall–Kier alpha value is -2.56. The summed E-state index contributed by atoms with van der Waals surface area (Å²) in [7, 11) is 0. The second kappa shape index (κ2) is 7.82. The lowest BCUT2D eigenvalue weighted by molar-refractivity contribution is -0.130. The number of carbonyl (C=O) groups excluding carboxylic acids is 2. The molecule has 1 saturated carbocycles. The van der Waals surface area contributed by atoms with Crippen molar-refractivity contribution in [2.24, 2.45) is 0 Å². The monoisotopic (exact) mass is 379 g/mol. The van der Waals surface area contributed by atoms with E-state index < -0.39 is 0 Å². The van der Waals surface area contributed by atoms with Gasteiger partial charge in [-0.15, -0.1) is 0 Å². The van der Waals surface area contributed by atoms with Gasteiger partial charge in [0, 0.05) is 35.3 Å². The summed E-state index contributed by atoms with van der Waals surface area (Å²) >= 11 is 0. The van der Waals surface area contributed by atoms with E-state index in [9.17, 15) is 9.59 Å². The quantitative estimate of drug-likeness (QED) is 0.804. The highest BCUT2D eigenvalue weighted by molar-refractivity contribution is 6.02. The van der Waals surface area contributed by atoms with E-state index in [1.54, 1.807) is 0 Å². The van der Waals surface area contributed by atoms with Gasteiger partial charge in [-0.2, -0.15) is 0 Å². The molecule has 1 atom stereocenters. The second-order valence-electron chi connectivity index (χ2n) is 8.21. The molecule has 148 valence electrons. The van der Waals surface area contributed by atoms with Gasteiger partial charge in [-0.25, -0.2) is 0 Å². The van der Waals surface area contributed by atoms with Crippen LogP contribution < -0.4 is 5.32 Å². The van der Waals surface area contributed by atoms with E-state index in [4.69, 9.17) is 0 Å². The van der Waals surface area contributed by atoms with Gasteiger partial charge in [-0.1, -0.05) is 24.6 Å². The first-order chi connectivity index (χ1) is 13.6. The fourth-order valence-electron chi connectivity index (χ4n) is 4.77. The summed E-state index contributed by atoms with van der Waals surface area (Å²) in [4.78, 5) is 30.8. The number of amides is 2. The molecule has 28 heavy (non-hydrogen) atoms. The standard InChI is InChI=1S/C23H29N3O2/c1-15(2)26-21-10-6-4-8-18(21)19(23(26)28)13-22(27)24-12-11-16-14-25-20-9-5-3-7-17(16)20/h3,5,7,9,14-15,21,25H,4,6,8,10-13H2,1-2H3,(H,24,27). The molecule has 2 N–H and O–H groups in total. The Morgan fingerprint density at radius 3 is 2.93 bits per heavy atom. The number of aromatic nitrogens is 1. The van der Waals surface area contributed by atoms with Crippen molar-refractivity contribution >= 4 is 22.7 Å². The third-order valence-electron chi connectivity index (χ3n) is 6.08. The predicted octanol–water partition coefficient (Wildman–Crippen LogP) is 3.71. The Balaban J connectivity index is 1.38. The molecule has 1 unspecified atom stereocenters. The number of nitrogens with zero attached hydrogens (tertiary/aromatic N) is 1. The zero-order valence-corrected chi connectivity index (χ0v) is 16.8. The molecule has 0 spiro atoms. The van der Waals surface area contributed by atoms with E-state index in [1.807, 2.05) is 23.2 Å². The average Bonchev–Trinajstić information content (AvgIpc) is 3.21. The average molecular weight is 380 g/mol. The molecule has 2 aromatic rings. The number of aromatic amines is 1. The van der Waals surface area contributed by atoms with E-state index in [0.717, 1.165) is 43.2 Å². The third kappa shape index (κ3) is 3.46. The number of hydrogen-bond donors (Lipinski definition) is 2. The van der Waals surface area contributed by atoms with Crippen molar-refractivity contribution in [1.82, 2.24) is 15.2 Å². The van der Waals surface area contributed by atoms with Crippen molar-refractivity contribution < 1.29 is 9.59 Å². The number of rotatable bonds is 6. The maximum atomic E-state index is 12.9. The molecule has 5 heteroatoms. The van der Waals surface area contributed by atoms with E-state index >= 15 is 0 Å². The molecule has 0 radical (unpaired) electrons. The lowest BCUT2D eigenvalue weighted by Crippen LogP contribution is -2.41. The van der Waals surface area contributed by atoms with Gasteiger partial charge in [-0.05, 0) is 56.7 Å². The van der Waals surface area contributed by atoms with Gasteiger partial charge in [0.2, 0.25) is 5.91 Å². The normalized spacial score (nSPS) is 19.6. The highest BCUT2D eigenvalue weighted by atomic mass is 16.2. The van der Waals surface area contributed by atoms with Gasteiger partial charge in [0.05, 0.1) is 12.5 Å². The number of H-pyrrole nitrogens is 1. The number of fused-ring (bicyclic) bond motifs is 2. The first kappa shape index (κ1) is 18.8. The van der Waals surface area contributed by atoms with Crippen molar-refractivity contribution in [1.29, 1.82) is 0 Å². The van der Waals surface area contributed by atoms with Crippen LogP contribution in [0, 0.1) is 0 Å². The van der Waals surface area contributed by atoms with Crippen LogP contribution in [-0.2, 0) is 16.0 Å². The van der Waals surface area contributed by atoms with Gasteiger partial charge in [0.15, 0.2) is 0 Å². The second-order valence-corrected chi connectivity index (χ2v) is 8.21. The molecule has 2 amide bonds. The van der Waals surface area contributed by atoms with Crippen LogP contribution in [0.3, 0.4) is 0 Å². The zero-order valence-electron chi connectivity index (χ0n) is 16.8. The van der Waals surface area contributed by atoms with Crippen LogP contribution in [0.1, 0.15) is 51.5 Å². The highest BCUT2D eigenvalue weighted by Crippen LogP contribution is 2.38. The maximum Gasteiger partial charge on any atom is 0.251 e. The fourth-order valence-corrected chi connectivity index (χ4v) is 4.77. The summed E-state index contributed by atoms with van der Waals surface area (Å²) < 4.78 is 0. The molecule has 1 aliphatic carbocycles. The molecule has 1 aliphatic heterocycles. The van der Waals surface area contributed by atoms with Gasteiger partial charge in [0.1, 0.15) is 0 Å². The number of nitrogens with one attached hydrogen (secondary N) is 2. The van der Waals surface area contributed by atoms with Crippen LogP contribution >= 0.6 is 0 Å². The molecular formula is C23H29N3O2. The van der Waals surface area contributed by atoms with Gasteiger partial charge >= 0.3 is 0 Å². The van der Waals surface area contributed by atoms with Crippen molar-refractivity contribution in [3.8, 4) is 0 Å². The van der Waals surface area contributed by atoms with E-state index in [-0.39, 0.29) is 30.3 Å². The molecule has 1 fully saturated rings.